The molecular formula is C30H30FN7O2S. The Kier molecular flexibility index (Phi) is 6.60. The third-order valence-corrected chi connectivity index (χ3v) is 9.31. The summed E-state index contributed by atoms with van der Waals surface area (Å²) in [6.45, 7) is 4.14. The highest BCUT2D eigenvalue weighted by Gasteiger charge is 2.34. The van der Waals surface area contributed by atoms with Crippen molar-refractivity contribution in [3.63, 3.8) is 0 Å². The normalized spacial score (nSPS) is 19.1. The minimum Gasteiger partial charge on any atom is -0.381 e. The molecule has 1 aromatic carbocycles. The molecule has 1 saturated carbocycles. The van der Waals surface area contributed by atoms with Crippen LogP contribution in [0, 0.1) is 23.1 Å². The first-order valence-electron chi connectivity index (χ1n) is 14.0. The highest BCUT2D eigenvalue weighted by Crippen LogP contribution is 2.47. The molecule has 0 radical (unpaired) electrons. The number of aromatic nitrogens is 3. The number of ether oxygens (including phenoxy) is 1. The Morgan fingerprint density at radius 1 is 1.15 bits per heavy atom. The number of carbonyl (C=O) groups excluding carboxylic acids is 1. The van der Waals surface area contributed by atoms with Gasteiger partial charge in [-0.2, -0.15) is 10.4 Å². The van der Waals surface area contributed by atoms with Crippen molar-refractivity contribution in [2.45, 2.75) is 25.2 Å². The van der Waals surface area contributed by atoms with Crippen LogP contribution >= 0.6 is 11.3 Å². The van der Waals surface area contributed by atoms with E-state index < -0.39 is 0 Å². The summed E-state index contributed by atoms with van der Waals surface area (Å²) in [5.41, 5.74) is 5.37. The first kappa shape index (κ1) is 25.9. The number of halogens is 1. The fraction of sp³-hybridized carbons (Fsp3) is 0.400. The number of amides is 1. The maximum atomic E-state index is 13.5. The van der Waals surface area contributed by atoms with Crippen molar-refractivity contribution >= 4 is 39.3 Å². The lowest BCUT2D eigenvalue weighted by molar-refractivity contribution is -0.135. The van der Waals surface area contributed by atoms with Crippen molar-refractivity contribution in [1.82, 2.24) is 19.5 Å². The van der Waals surface area contributed by atoms with E-state index in [2.05, 4.69) is 23.1 Å². The standard InChI is InChI=1S/C30H30FN7O2S/c1-35(30-33-26(25(17-32)41-30)19-4-6-22(31)7-5-19)28-24-16-23(8-10-38(24)34-27(28)20-2-3-20)36-11-13-37(14-12-36)29(39)21-9-15-40-18-21/h4-8,10,16,20-21H,2-3,9,11-15,18H2,1H3/t21-/m0/s1. The number of thiazole rings is 1. The lowest BCUT2D eigenvalue weighted by Crippen LogP contribution is -2.50. The molecule has 3 aliphatic rings. The fourth-order valence-electron chi connectivity index (χ4n) is 5.81. The topological polar surface area (TPSA) is 90.0 Å². The second-order valence-corrected chi connectivity index (χ2v) is 11.9. The summed E-state index contributed by atoms with van der Waals surface area (Å²) in [5, 5.41) is 15.5. The Morgan fingerprint density at radius 3 is 2.61 bits per heavy atom. The van der Waals surface area contributed by atoms with E-state index in [0.29, 0.717) is 53.5 Å². The molecule has 0 spiro atoms. The van der Waals surface area contributed by atoms with Crippen molar-refractivity contribution in [1.29, 1.82) is 5.26 Å². The summed E-state index contributed by atoms with van der Waals surface area (Å²) >= 11 is 1.33. The van der Waals surface area contributed by atoms with Gasteiger partial charge in [-0.05, 0) is 55.7 Å². The third kappa shape index (κ3) is 4.81. The smallest absolute Gasteiger partial charge is 0.228 e. The van der Waals surface area contributed by atoms with Crippen LogP contribution in [0.2, 0.25) is 0 Å². The predicted molar refractivity (Wildman–Crippen MR) is 155 cm³/mol. The van der Waals surface area contributed by atoms with Crippen LogP contribution in [0.3, 0.4) is 0 Å². The number of pyridine rings is 1. The number of anilines is 3. The summed E-state index contributed by atoms with van der Waals surface area (Å²) in [4.78, 5) is 24.5. The number of nitrogens with zero attached hydrogens (tertiary/aromatic N) is 7. The summed E-state index contributed by atoms with van der Waals surface area (Å²) in [6, 6.07) is 12.6. The van der Waals surface area contributed by atoms with Crippen LogP contribution < -0.4 is 9.80 Å². The van der Waals surface area contributed by atoms with Crippen LogP contribution in [-0.2, 0) is 9.53 Å². The zero-order valence-corrected chi connectivity index (χ0v) is 23.6. The molecular weight excluding hydrogens is 541 g/mol. The maximum absolute atomic E-state index is 13.5. The Morgan fingerprint density at radius 2 is 1.93 bits per heavy atom. The minimum absolute atomic E-state index is 0.000354. The van der Waals surface area contributed by atoms with E-state index in [1.807, 2.05) is 27.6 Å². The van der Waals surface area contributed by atoms with Crippen LogP contribution in [0.1, 0.15) is 35.8 Å². The minimum atomic E-state index is -0.326. The molecule has 0 bridgehead atoms. The molecule has 7 rings (SSSR count). The Bertz CT molecular complexity index is 1640. The fourth-order valence-corrected chi connectivity index (χ4v) is 6.67. The lowest BCUT2D eigenvalue weighted by atomic mass is 10.1. The van der Waals surface area contributed by atoms with Gasteiger partial charge in [-0.15, -0.1) is 0 Å². The lowest BCUT2D eigenvalue weighted by Gasteiger charge is -2.37. The van der Waals surface area contributed by atoms with Gasteiger partial charge < -0.3 is 19.4 Å². The number of carbonyl (C=O) groups is 1. The zero-order chi connectivity index (χ0) is 28.1. The van der Waals surface area contributed by atoms with E-state index in [-0.39, 0.29) is 17.6 Å². The van der Waals surface area contributed by atoms with E-state index in [9.17, 15) is 14.4 Å². The van der Waals surface area contributed by atoms with Gasteiger partial charge in [-0.25, -0.2) is 13.9 Å². The molecule has 0 N–H and O–H groups in total. The summed E-state index contributed by atoms with van der Waals surface area (Å²) in [7, 11) is 1.97. The van der Waals surface area contributed by atoms with Crippen LogP contribution in [0.5, 0.6) is 0 Å². The Labute approximate surface area is 241 Å². The van der Waals surface area contributed by atoms with Gasteiger partial charge in [0, 0.05) is 63.2 Å². The first-order chi connectivity index (χ1) is 20.0. The molecule has 210 valence electrons. The largest absolute Gasteiger partial charge is 0.381 e. The average Bonchev–Trinajstić information content (AvgIpc) is 3.37. The van der Waals surface area contributed by atoms with Crippen molar-refractivity contribution in [2.75, 3.05) is 56.2 Å². The van der Waals surface area contributed by atoms with Crippen LogP contribution in [-0.4, -0.2) is 71.8 Å². The molecule has 1 aliphatic carbocycles. The molecule has 4 aromatic rings. The van der Waals surface area contributed by atoms with E-state index >= 15 is 0 Å². The molecule has 5 heterocycles. The maximum Gasteiger partial charge on any atom is 0.228 e. The molecule has 9 nitrogen and oxygen atoms in total. The van der Waals surface area contributed by atoms with Gasteiger partial charge in [0.25, 0.3) is 0 Å². The van der Waals surface area contributed by atoms with Gasteiger partial charge in [-0.1, -0.05) is 11.3 Å². The number of hydrogen-bond acceptors (Lipinski definition) is 8. The second kappa shape index (κ2) is 10.4. The Hall–Kier alpha value is -4.01. The number of fused-ring (bicyclic) bond motifs is 1. The van der Waals surface area contributed by atoms with Crippen molar-refractivity contribution in [3.05, 3.63) is 59.0 Å². The summed E-state index contributed by atoms with van der Waals surface area (Å²) in [6.07, 6.45) is 5.02. The molecule has 3 aromatic heterocycles. The number of rotatable bonds is 6. The molecule has 3 fully saturated rings. The van der Waals surface area contributed by atoms with Crippen LogP contribution in [0.15, 0.2) is 42.6 Å². The van der Waals surface area contributed by atoms with Crippen LogP contribution in [0.4, 0.5) is 20.9 Å². The van der Waals surface area contributed by atoms with Gasteiger partial charge in [0.05, 0.1) is 29.4 Å². The van der Waals surface area contributed by atoms with E-state index in [1.165, 1.54) is 23.5 Å². The summed E-state index contributed by atoms with van der Waals surface area (Å²) in [5.74, 6) is 0.288. The van der Waals surface area contributed by atoms with Gasteiger partial charge in [0.1, 0.15) is 22.5 Å². The van der Waals surface area contributed by atoms with E-state index in [0.717, 1.165) is 54.9 Å². The number of benzene rings is 1. The first-order valence-corrected chi connectivity index (χ1v) is 14.9. The third-order valence-electron chi connectivity index (χ3n) is 8.28. The van der Waals surface area contributed by atoms with E-state index in [1.54, 1.807) is 12.1 Å². The molecule has 41 heavy (non-hydrogen) atoms. The Balaban J connectivity index is 1.19. The SMILES string of the molecule is CN(c1nc(-c2ccc(F)cc2)c(C#N)s1)c1c(C2CC2)nn2ccc(N3CCN(C(=O)[C@H]4CCOC4)CC3)cc12. The van der Waals surface area contributed by atoms with E-state index in [4.69, 9.17) is 14.8 Å². The average molecular weight is 572 g/mol. The number of nitriles is 1. The van der Waals surface area contributed by atoms with Crippen LogP contribution in [0.25, 0.3) is 16.8 Å². The van der Waals surface area contributed by atoms with Crippen molar-refractivity contribution in [3.8, 4) is 17.3 Å². The molecule has 11 heteroatoms. The summed E-state index contributed by atoms with van der Waals surface area (Å²) < 4.78 is 20.9. The number of hydrogen-bond donors (Lipinski definition) is 0. The van der Waals surface area contributed by atoms with Gasteiger partial charge in [0.2, 0.25) is 5.91 Å². The quantitative estimate of drug-likeness (QED) is 0.329. The van der Waals surface area contributed by atoms with Gasteiger partial charge in [-0.3, -0.25) is 4.79 Å². The highest BCUT2D eigenvalue weighted by molar-refractivity contribution is 7.16. The molecule has 1 atom stereocenters. The van der Waals surface area contributed by atoms with Gasteiger partial charge in [0.15, 0.2) is 5.13 Å². The second-order valence-electron chi connectivity index (χ2n) is 10.9. The molecule has 0 unspecified atom stereocenters. The zero-order valence-electron chi connectivity index (χ0n) is 22.8. The highest BCUT2D eigenvalue weighted by atomic mass is 32.1. The van der Waals surface area contributed by atoms with Crippen molar-refractivity contribution in [2.24, 2.45) is 5.92 Å². The molecule has 1 amide bonds. The van der Waals surface area contributed by atoms with Gasteiger partial charge >= 0.3 is 0 Å². The number of piperazine rings is 1. The van der Waals surface area contributed by atoms with Crippen molar-refractivity contribution < 1.29 is 13.9 Å². The molecule has 2 saturated heterocycles. The predicted octanol–water partition coefficient (Wildman–Crippen LogP) is 4.80. The molecule has 2 aliphatic heterocycles. The monoisotopic (exact) mass is 571 g/mol.